The lowest BCUT2D eigenvalue weighted by Gasteiger charge is -2.19. The number of hydrogen-bond acceptors (Lipinski definition) is 3. The van der Waals surface area contributed by atoms with Crippen LogP contribution >= 0.6 is 11.6 Å². The zero-order chi connectivity index (χ0) is 15.7. The first-order valence-electron chi connectivity index (χ1n) is 7.35. The molecule has 1 aliphatic carbocycles. The van der Waals surface area contributed by atoms with Crippen LogP contribution in [-0.2, 0) is 0 Å². The normalized spacial score (nSPS) is 14.1. The Morgan fingerprint density at radius 2 is 2.18 bits per heavy atom. The smallest absolute Gasteiger partial charge is 0.274 e. The number of carbonyl (C=O) groups is 1. The van der Waals surface area contributed by atoms with E-state index in [0.29, 0.717) is 17.3 Å². The molecule has 0 radical (unpaired) electrons. The van der Waals surface area contributed by atoms with Crippen LogP contribution in [0, 0.1) is 6.92 Å². The first-order chi connectivity index (χ1) is 10.6. The summed E-state index contributed by atoms with van der Waals surface area (Å²) < 4.78 is 1.68. The standard InChI is InChI=1S/C16H18ClN3O2/c1-11-10-14(16(22)19(8-9-21)12-6-7-12)18-20(11)15-5-3-2-4-13(15)17/h2-5,10,12,21H,6-9H2,1H3. The summed E-state index contributed by atoms with van der Waals surface area (Å²) in [6.07, 6.45) is 1.99. The molecule has 0 unspecified atom stereocenters. The lowest BCUT2D eigenvalue weighted by molar-refractivity contribution is 0.0701. The summed E-state index contributed by atoms with van der Waals surface area (Å²) in [6, 6.07) is 9.40. The molecule has 0 saturated heterocycles. The van der Waals surface area contributed by atoms with Crippen molar-refractivity contribution in [3.05, 3.63) is 46.7 Å². The zero-order valence-electron chi connectivity index (χ0n) is 12.4. The molecular weight excluding hydrogens is 302 g/mol. The minimum Gasteiger partial charge on any atom is -0.395 e. The summed E-state index contributed by atoms with van der Waals surface area (Å²) in [5.41, 5.74) is 1.98. The van der Waals surface area contributed by atoms with Crippen LogP contribution in [0.5, 0.6) is 0 Å². The van der Waals surface area contributed by atoms with E-state index in [1.165, 1.54) is 0 Å². The molecule has 3 rings (SSSR count). The Labute approximate surface area is 134 Å². The molecule has 6 heteroatoms. The number of para-hydroxylation sites is 1. The van der Waals surface area contributed by atoms with Crippen molar-refractivity contribution in [1.82, 2.24) is 14.7 Å². The van der Waals surface area contributed by atoms with Gasteiger partial charge in [0.1, 0.15) is 0 Å². The minimum atomic E-state index is -0.134. The topological polar surface area (TPSA) is 58.4 Å². The second-order valence-corrected chi connectivity index (χ2v) is 5.89. The number of aliphatic hydroxyl groups excluding tert-OH is 1. The van der Waals surface area contributed by atoms with E-state index in [-0.39, 0.29) is 18.6 Å². The predicted octanol–water partition coefficient (Wildman–Crippen LogP) is 2.43. The van der Waals surface area contributed by atoms with Crippen LogP contribution in [0.2, 0.25) is 5.02 Å². The van der Waals surface area contributed by atoms with Gasteiger partial charge in [0.25, 0.3) is 5.91 Å². The molecule has 1 amide bonds. The number of rotatable bonds is 5. The number of aromatic nitrogens is 2. The lowest BCUT2D eigenvalue weighted by Crippen LogP contribution is -2.35. The Bertz CT molecular complexity index is 694. The maximum absolute atomic E-state index is 12.6. The van der Waals surface area contributed by atoms with E-state index in [2.05, 4.69) is 5.10 Å². The van der Waals surface area contributed by atoms with E-state index in [9.17, 15) is 4.79 Å². The van der Waals surface area contributed by atoms with Crippen molar-refractivity contribution in [2.75, 3.05) is 13.2 Å². The van der Waals surface area contributed by atoms with Crippen molar-refractivity contribution in [3.8, 4) is 5.69 Å². The number of nitrogens with zero attached hydrogens (tertiary/aromatic N) is 3. The van der Waals surface area contributed by atoms with E-state index in [1.807, 2.05) is 25.1 Å². The number of carbonyl (C=O) groups excluding carboxylic acids is 1. The molecule has 1 fully saturated rings. The van der Waals surface area contributed by atoms with Crippen LogP contribution < -0.4 is 0 Å². The van der Waals surface area contributed by atoms with Gasteiger partial charge >= 0.3 is 0 Å². The van der Waals surface area contributed by atoms with Gasteiger partial charge < -0.3 is 10.0 Å². The largest absolute Gasteiger partial charge is 0.395 e. The van der Waals surface area contributed by atoms with E-state index < -0.39 is 0 Å². The summed E-state index contributed by atoms with van der Waals surface area (Å²) in [6.45, 7) is 2.20. The van der Waals surface area contributed by atoms with Gasteiger partial charge in [0.2, 0.25) is 0 Å². The molecule has 0 spiro atoms. The highest BCUT2D eigenvalue weighted by Crippen LogP contribution is 2.28. The third-order valence-corrected chi connectivity index (χ3v) is 4.10. The molecule has 116 valence electrons. The van der Waals surface area contributed by atoms with Gasteiger partial charge in [-0.05, 0) is 38.0 Å². The van der Waals surface area contributed by atoms with Crippen molar-refractivity contribution in [1.29, 1.82) is 0 Å². The van der Waals surface area contributed by atoms with Gasteiger partial charge in [-0.15, -0.1) is 0 Å². The Hall–Kier alpha value is -1.85. The molecule has 0 atom stereocenters. The zero-order valence-corrected chi connectivity index (χ0v) is 13.1. The van der Waals surface area contributed by atoms with E-state index in [0.717, 1.165) is 24.2 Å². The van der Waals surface area contributed by atoms with Crippen LogP contribution in [0.25, 0.3) is 5.69 Å². The second kappa shape index (κ2) is 6.10. The molecule has 1 aromatic heterocycles. The maximum Gasteiger partial charge on any atom is 0.274 e. The Balaban J connectivity index is 1.91. The average molecular weight is 320 g/mol. The van der Waals surface area contributed by atoms with Gasteiger partial charge in [-0.3, -0.25) is 4.79 Å². The first kappa shape index (κ1) is 15.1. The van der Waals surface area contributed by atoms with Crippen LogP contribution in [0.15, 0.2) is 30.3 Å². The predicted molar refractivity (Wildman–Crippen MR) is 84.5 cm³/mol. The van der Waals surface area contributed by atoms with Crippen LogP contribution in [0.1, 0.15) is 29.0 Å². The van der Waals surface area contributed by atoms with Gasteiger partial charge in [-0.25, -0.2) is 4.68 Å². The summed E-state index contributed by atoms with van der Waals surface area (Å²) in [5.74, 6) is -0.134. The van der Waals surface area contributed by atoms with Gasteiger partial charge in [-0.1, -0.05) is 23.7 Å². The van der Waals surface area contributed by atoms with Crippen molar-refractivity contribution in [2.45, 2.75) is 25.8 Å². The quantitative estimate of drug-likeness (QED) is 0.921. The fourth-order valence-electron chi connectivity index (χ4n) is 2.54. The number of aliphatic hydroxyl groups is 1. The second-order valence-electron chi connectivity index (χ2n) is 5.49. The number of halogens is 1. The van der Waals surface area contributed by atoms with E-state index in [1.54, 1.807) is 21.7 Å². The number of benzene rings is 1. The van der Waals surface area contributed by atoms with E-state index >= 15 is 0 Å². The fourth-order valence-corrected chi connectivity index (χ4v) is 2.75. The number of amides is 1. The Morgan fingerprint density at radius 3 is 2.82 bits per heavy atom. The van der Waals surface area contributed by atoms with Gasteiger partial charge in [-0.2, -0.15) is 5.10 Å². The number of hydrogen-bond donors (Lipinski definition) is 1. The lowest BCUT2D eigenvalue weighted by atomic mass is 10.3. The average Bonchev–Trinajstić information content (AvgIpc) is 3.27. The molecule has 22 heavy (non-hydrogen) atoms. The van der Waals surface area contributed by atoms with Crippen molar-refractivity contribution in [3.63, 3.8) is 0 Å². The van der Waals surface area contributed by atoms with Crippen LogP contribution in [-0.4, -0.2) is 44.9 Å². The summed E-state index contributed by atoms with van der Waals surface area (Å²) >= 11 is 6.20. The van der Waals surface area contributed by atoms with Crippen molar-refractivity contribution in [2.24, 2.45) is 0 Å². The van der Waals surface area contributed by atoms with Crippen LogP contribution in [0.4, 0.5) is 0 Å². The molecule has 0 aliphatic heterocycles. The first-order valence-corrected chi connectivity index (χ1v) is 7.73. The molecule has 1 saturated carbocycles. The fraction of sp³-hybridized carbons (Fsp3) is 0.375. The molecule has 1 heterocycles. The Kier molecular flexibility index (Phi) is 4.18. The summed E-state index contributed by atoms with van der Waals surface area (Å²) in [7, 11) is 0. The van der Waals surface area contributed by atoms with Gasteiger partial charge in [0.05, 0.1) is 17.3 Å². The highest BCUT2D eigenvalue weighted by atomic mass is 35.5. The van der Waals surface area contributed by atoms with Gasteiger partial charge in [0.15, 0.2) is 5.69 Å². The van der Waals surface area contributed by atoms with Crippen molar-refractivity contribution < 1.29 is 9.90 Å². The molecule has 5 nitrogen and oxygen atoms in total. The monoisotopic (exact) mass is 319 g/mol. The highest BCUT2D eigenvalue weighted by Gasteiger charge is 2.33. The number of aryl methyl sites for hydroxylation is 1. The van der Waals surface area contributed by atoms with E-state index in [4.69, 9.17) is 16.7 Å². The third kappa shape index (κ3) is 2.87. The third-order valence-electron chi connectivity index (χ3n) is 3.78. The van der Waals surface area contributed by atoms with Crippen molar-refractivity contribution >= 4 is 17.5 Å². The highest BCUT2D eigenvalue weighted by molar-refractivity contribution is 6.32. The Morgan fingerprint density at radius 1 is 1.45 bits per heavy atom. The SMILES string of the molecule is Cc1cc(C(=O)N(CCO)C2CC2)nn1-c1ccccc1Cl. The summed E-state index contributed by atoms with van der Waals surface area (Å²) in [5, 5.41) is 14.1. The molecule has 1 N–H and O–H groups in total. The molecular formula is C16H18ClN3O2. The summed E-state index contributed by atoms with van der Waals surface area (Å²) in [4.78, 5) is 14.3. The minimum absolute atomic E-state index is 0.0353. The van der Waals surface area contributed by atoms with Crippen LogP contribution in [0.3, 0.4) is 0 Å². The maximum atomic E-state index is 12.6. The molecule has 0 bridgehead atoms. The molecule has 1 aromatic carbocycles. The molecule has 2 aromatic rings. The van der Waals surface area contributed by atoms with Gasteiger partial charge in [0, 0.05) is 18.3 Å². The molecule has 1 aliphatic rings.